The molecular formula is C14H17N3O5S. The van der Waals surface area contributed by atoms with Gasteiger partial charge in [-0.2, -0.15) is 0 Å². The van der Waals surface area contributed by atoms with Gasteiger partial charge in [0.1, 0.15) is 12.3 Å². The van der Waals surface area contributed by atoms with Gasteiger partial charge in [-0.15, -0.1) is 0 Å². The molecule has 0 atom stereocenters. The van der Waals surface area contributed by atoms with Gasteiger partial charge >= 0.3 is 5.82 Å². The second-order valence-corrected chi connectivity index (χ2v) is 7.12. The fraction of sp³-hybridized carbons (Fsp3) is 0.357. The molecule has 0 saturated heterocycles. The Kier molecular flexibility index (Phi) is 4.81. The summed E-state index contributed by atoms with van der Waals surface area (Å²) in [4.78, 5) is 14.7. The van der Waals surface area contributed by atoms with E-state index in [-0.39, 0.29) is 23.7 Å². The van der Waals surface area contributed by atoms with E-state index in [0.717, 1.165) is 5.56 Å². The molecule has 1 heterocycles. The van der Waals surface area contributed by atoms with E-state index in [1.54, 1.807) is 12.1 Å². The number of aliphatic hydroxyl groups is 1. The first kappa shape index (κ1) is 17.1. The Morgan fingerprint density at radius 1 is 1.26 bits per heavy atom. The SMILES string of the molecule is Cc1ccc(S(=O)(=O)Cc2nc(C)n(CCO)c2[N+](=O)[O-])cc1. The van der Waals surface area contributed by atoms with E-state index in [1.807, 2.05) is 6.92 Å². The molecule has 1 aromatic heterocycles. The van der Waals surface area contributed by atoms with Gasteiger partial charge in [-0.05, 0) is 24.0 Å². The van der Waals surface area contributed by atoms with Gasteiger partial charge in [0.25, 0.3) is 0 Å². The van der Waals surface area contributed by atoms with Crippen molar-refractivity contribution in [2.45, 2.75) is 31.0 Å². The van der Waals surface area contributed by atoms with Crippen LogP contribution < -0.4 is 0 Å². The first-order valence-electron chi connectivity index (χ1n) is 6.87. The lowest BCUT2D eigenvalue weighted by Gasteiger charge is -2.04. The number of nitrogens with zero attached hydrogens (tertiary/aromatic N) is 3. The van der Waals surface area contributed by atoms with Crippen molar-refractivity contribution in [3.05, 3.63) is 51.5 Å². The van der Waals surface area contributed by atoms with Crippen LogP contribution in [-0.2, 0) is 22.1 Å². The molecule has 2 rings (SSSR count). The van der Waals surface area contributed by atoms with Crippen molar-refractivity contribution in [1.29, 1.82) is 0 Å². The van der Waals surface area contributed by atoms with E-state index in [9.17, 15) is 18.5 Å². The number of hydrogen-bond donors (Lipinski definition) is 1. The van der Waals surface area contributed by atoms with Crippen LogP contribution in [0, 0.1) is 24.0 Å². The van der Waals surface area contributed by atoms with Gasteiger partial charge in [0, 0.05) is 6.92 Å². The summed E-state index contributed by atoms with van der Waals surface area (Å²) in [5.74, 6) is -0.668. The second-order valence-electron chi connectivity index (χ2n) is 5.13. The quantitative estimate of drug-likeness (QED) is 0.628. The Hall–Kier alpha value is -2.26. The normalized spacial score (nSPS) is 11.6. The Balaban J connectivity index is 2.45. The summed E-state index contributed by atoms with van der Waals surface area (Å²) < 4.78 is 26.1. The van der Waals surface area contributed by atoms with Gasteiger partial charge in [-0.1, -0.05) is 17.7 Å². The predicted octanol–water partition coefficient (Wildman–Crippen LogP) is 1.37. The van der Waals surface area contributed by atoms with Crippen LogP contribution in [0.15, 0.2) is 29.2 Å². The van der Waals surface area contributed by atoms with E-state index >= 15 is 0 Å². The predicted molar refractivity (Wildman–Crippen MR) is 82.8 cm³/mol. The molecule has 1 N–H and O–H groups in total. The second kappa shape index (κ2) is 6.47. The first-order chi connectivity index (χ1) is 10.8. The lowest BCUT2D eigenvalue weighted by Crippen LogP contribution is -2.10. The van der Waals surface area contributed by atoms with Crippen LogP contribution >= 0.6 is 0 Å². The standard InChI is InChI=1S/C14H17N3O5S/c1-10-3-5-12(6-4-10)23(21,22)9-13-14(17(19)20)16(7-8-18)11(2)15-13/h3-6,18H,7-9H2,1-2H3. The molecule has 0 radical (unpaired) electrons. The maximum Gasteiger partial charge on any atom is 0.347 e. The molecule has 0 aliphatic heterocycles. The fourth-order valence-corrected chi connectivity index (χ4v) is 3.56. The third kappa shape index (κ3) is 3.57. The molecule has 2 aromatic rings. The Labute approximate surface area is 133 Å². The average Bonchev–Trinajstić information content (AvgIpc) is 2.75. The summed E-state index contributed by atoms with van der Waals surface area (Å²) in [7, 11) is -3.75. The molecule has 23 heavy (non-hydrogen) atoms. The Bertz CT molecular complexity index is 825. The number of aliphatic hydroxyl groups excluding tert-OH is 1. The van der Waals surface area contributed by atoms with E-state index < -0.39 is 26.3 Å². The molecule has 0 fully saturated rings. The van der Waals surface area contributed by atoms with Crippen molar-refractivity contribution < 1.29 is 18.4 Å². The maximum absolute atomic E-state index is 12.4. The smallest absolute Gasteiger partial charge is 0.347 e. The van der Waals surface area contributed by atoms with Gasteiger partial charge in [-0.3, -0.25) is 0 Å². The Morgan fingerprint density at radius 2 is 1.87 bits per heavy atom. The molecule has 0 spiro atoms. The molecule has 0 amide bonds. The fourth-order valence-electron chi connectivity index (χ4n) is 2.29. The van der Waals surface area contributed by atoms with Crippen molar-refractivity contribution in [2.24, 2.45) is 0 Å². The van der Waals surface area contributed by atoms with Crippen LogP contribution in [0.3, 0.4) is 0 Å². The van der Waals surface area contributed by atoms with Crippen LogP contribution in [0.4, 0.5) is 5.82 Å². The summed E-state index contributed by atoms with van der Waals surface area (Å²) in [6, 6.07) is 6.26. The van der Waals surface area contributed by atoms with E-state index in [1.165, 1.54) is 23.6 Å². The highest BCUT2D eigenvalue weighted by Crippen LogP contribution is 2.25. The molecule has 1 aromatic carbocycles. The highest BCUT2D eigenvalue weighted by Gasteiger charge is 2.29. The van der Waals surface area contributed by atoms with Gasteiger partial charge in [0.05, 0.1) is 11.5 Å². The van der Waals surface area contributed by atoms with Crippen LogP contribution in [0.1, 0.15) is 17.1 Å². The minimum Gasteiger partial charge on any atom is -0.392 e. The third-order valence-electron chi connectivity index (χ3n) is 3.40. The molecule has 124 valence electrons. The van der Waals surface area contributed by atoms with Crippen LogP contribution in [0.2, 0.25) is 0 Å². The number of sulfone groups is 1. The van der Waals surface area contributed by atoms with Crippen molar-refractivity contribution in [3.63, 3.8) is 0 Å². The molecular weight excluding hydrogens is 322 g/mol. The van der Waals surface area contributed by atoms with Crippen molar-refractivity contribution in [2.75, 3.05) is 6.61 Å². The third-order valence-corrected chi connectivity index (χ3v) is 5.05. The van der Waals surface area contributed by atoms with Crippen molar-refractivity contribution in [1.82, 2.24) is 9.55 Å². The number of nitro groups is 1. The van der Waals surface area contributed by atoms with Gasteiger partial charge in [0.15, 0.2) is 21.4 Å². The number of rotatable bonds is 6. The number of aromatic nitrogens is 2. The largest absolute Gasteiger partial charge is 0.392 e. The van der Waals surface area contributed by atoms with Crippen molar-refractivity contribution in [3.8, 4) is 0 Å². The Morgan fingerprint density at radius 3 is 2.39 bits per heavy atom. The lowest BCUT2D eigenvalue weighted by atomic mass is 10.2. The molecule has 8 nitrogen and oxygen atoms in total. The number of benzene rings is 1. The van der Waals surface area contributed by atoms with Crippen LogP contribution in [0.25, 0.3) is 0 Å². The van der Waals surface area contributed by atoms with Crippen LogP contribution in [0.5, 0.6) is 0 Å². The van der Waals surface area contributed by atoms with E-state index in [2.05, 4.69) is 4.98 Å². The molecule has 9 heteroatoms. The highest BCUT2D eigenvalue weighted by molar-refractivity contribution is 7.90. The number of aryl methyl sites for hydroxylation is 2. The zero-order valence-corrected chi connectivity index (χ0v) is 13.6. The monoisotopic (exact) mass is 339 g/mol. The number of imidazole rings is 1. The minimum atomic E-state index is -3.75. The van der Waals surface area contributed by atoms with E-state index in [0.29, 0.717) is 5.82 Å². The molecule has 0 bridgehead atoms. The summed E-state index contributed by atoms with van der Waals surface area (Å²) >= 11 is 0. The minimum absolute atomic E-state index is 0.0142. The summed E-state index contributed by atoms with van der Waals surface area (Å²) in [6.07, 6.45) is 0. The van der Waals surface area contributed by atoms with Crippen molar-refractivity contribution >= 4 is 15.7 Å². The summed E-state index contributed by atoms with van der Waals surface area (Å²) in [6.45, 7) is 3.05. The molecule has 0 saturated carbocycles. The summed E-state index contributed by atoms with van der Waals surface area (Å²) in [5.41, 5.74) is 0.791. The van der Waals surface area contributed by atoms with E-state index in [4.69, 9.17) is 5.11 Å². The summed E-state index contributed by atoms with van der Waals surface area (Å²) in [5, 5.41) is 20.3. The van der Waals surface area contributed by atoms with Gasteiger partial charge < -0.3 is 15.2 Å². The maximum atomic E-state index is 12.4. The topological polar surface area (TPSA) is 115 Å². The zero-order chi connectivity index (χ0) is 17.2. The van der Waals surface area contributed by atoms with Gasteiger partial charge in [0.2, 0.25) is 0 Å². The van der Waals surface area contributed by atoms with Gasteiger partial charge in [-0.25, -0.2) is 18.0 Å². The molecule has 0 unspecified atom stereocenters. The molecule has 0 aliphatic rings. The number of hydrogen-bond acceptors (Lipinski definition) is 6. The first-order valence-corrected chi connectivity index (χ1v) is 8.52. The molecule has 0 aliphatic carbocycles. The lowest BCUT2D eigenvalue weighted by molar-refractivity contribution is -0.392. The average molecular weight is 339 g/mol. The van der Waals surface area contributed by atoms with Crippen LogP contribution in [-0.4, -0.2) is 34.6 Å². The highest BCUT2D eigenvalue weighted by atomic mass is 32.2. The zero-order valence-electron chi connectivity index (χ0n) is 12.8.